The van der Waals surface area contributed by atoms with Crippen LogP contribution >= 0.6 is 0 Å². The number of rotatable bonds is 4. The van der Waals surface area contributed by atoms with Crippen molar-refractivity contribution in [1.82, 2.24) is 4.90 Å². The predicted octanol–water partition coefficient (Wildman–Crippen LogP) is 2.68. The summed E-state index contributed by atoms with van der Waals surface area (Å²) in [5.74, 6) is 0.229. The highest BCUT2D eigenvalue weighted by molar-refractivity contribution is 5.96. The lowest BCUT2D eigenvalue weighted by Crippen LogP contribution is -2.46. The molecule has 0 bridgehead atoms. The number of ketones is 1. The topological polar surface area (TPSA) is 29.5 Å². The SMILES string of the molecule is Cc1ccc(C(=O)CCN2CC(C)OC(C)C2)cc1. The summed E-state index contributed by atoms with van der Waals surface area (Å²) in [5.41, 5.74) is 2.01. The van der Waals surface area contributed by atoms with Gasteiger partial charge in [0.1, 0.15) is 0 Å². The molecule has 19 heavy (non-hydrogen) atoms. The molecule has 1 aliphatic heterocycles. The van der Waals surface area contributed by atoms with Crippen LogP contribution in [0.2, 0.25) is 0 Å². The molecule has 1 aliphatic rings. The smallest absolute Gasteiger partial charge is 0.164 e. The number of Topliss-reactive ketones (excluding diaryl/α,β-unsaturated/α-hetero) is 1. The number of ether oxygens (including phenoxy) is 1. The quantitative estimate of drug-likeness (QED) is 0.780. The number of carbonyl (C=O) groups excluding carboxylic acids is 1. The Morgan fingerprint density at radius 1 is 1.21 bits per heavy atom. The molecule has 1 heterocycles. The second-order valence-corrected chi connectivity index (χ2v) is 5.56. The van der Waals surface area contributed by atoms with Crippen LogP contribution in [0.1, 0.15) is 36.2 Å². The van der Waals surface area contributed by atoms with Gasteiger partial charge in [-0.2, -0.15) is 0 Å². The van der Waals surface area contributed by atoms with Crippen LogP contribution < -0.4 is 0 Å². The Morgan fingerprint density at radius 3 is 2.37 bits per heavy atom. The van der Waals surface area contributed by atoms with E-state index >= 15 is 0 Å². The van der Waals surface area contributed by atoms with Gasteiger partial charge in [0.15, 0.2) is 5.78 Å². The molecule has 2 rings (SSSR count). The predicted molar refractivity (Wildman–Crippen MR) is 76.6 cm³/mol. The van der Waals surface area contributed by atoms with Crippen molar-refractivity contribution in [2.75, 3.05) is 19.6 Å². The zero-order valence-electron chi connectivity index (χ0n) is 12.1. The van der Waals surface area contributed by atoms with E-state index in [1.807, 2.05) is 31.2 Å². The average Bonchev–Trinajstić information content (AvgIpc) is 2.36. The molecule has 0 saturated carbocycles. The van der Waals surface area contributed by atoms with Gasteiger partial charge in [0.25, 0.3) is 0 Å². The van der Waals surface area contributed by atoms with Crippen LogP contribution in [0.25, 0.3) is 0 Å². The monoisotopic (exact) mass is 261 g/mol. The summed E-state index contributed by atoms with van der Waals surface area (Å²) >= 11 is 0. The molecule has 104 valence electrons. The number of nitrogens with zero attached hydrogens (tertiary/aromatic N) is 1. The van der Waals surface area contributed by atoms with E-state index < -0.39 is 0 Å². The highest BCUT2D eigenvalue weighted by atomic mass is 16.5. The maximum Gasteiger partial charge on any atom is 0.164 e. The summed E-state index contributed by atoms with van der Waals surface area (Å²) < 4.78 is 5.69. The number of morpholine rings is 1. The molecular weight excluding hydrogens is 238 g/mol. The number of aryl methyl sites for hydroxylation is 1. The van der Waals surface area contributed by atoms with E-state index in [1.165, 1.54) is 5.56 Å². The van der Waals surface area contributed by atoms with Crippen molar-refractivity contribution in [3.63, 3.8) is 0 Å². The molecule has 0 N–H and O–H groups in total. The first-order chi connectivity index (χ1) is 9.04. The second kappa shape index (κ2) is 6.31. The van der Waals surface area contributed by atoms with E-state index in [-0.39, 0.29) is 18.0 Å². The van der Waals surface area contributed by atoms with Gasteiger partial charge in [-0.3, -0.25) is 9.69 Å². The molecule has 3 heteroatoms. The van der Waals surface area contributed by atoms with E-state index in [0.29, 0.717) is 6.42 Å². The normalized spacial score (nSPS) is 24.4. The fraction of sp³-hybridized carbons (Fsp3) is 0.562. The number of carbonyl (C=O) groups is 1. The second-order valence-electron chi connectivity index (χ2n) is 5.56. The van der Waals surface area contributed by atoms with Crippen molar-refractivity contribution < 1.29 is 9.53 Å². The minimum atomic E-state index is 0.229. The zero-order chi connectivity index (χ0) is 13.8. The Hall–Kier alpha value is -1.19. The lowest BCUT2D eigenvalue weighted by Gasteiger charge is -2.35. The first kappa shape index (κ1) is 14.2. The molecule has 0 amide bonds. The van der Waals surface area contributed by atoms with Crippen molar-refractivity contribution in [2.24, 2.45) is 0 Å². The van der Waals surface area contributed by atoms with E-state index in [4.69, 9.17) is 4.74 Å². The van der Waals surface area contributed by atoms with Crippen molar-refractivity contribution in [3.8, 4) is 0 Å². The maximum atomic E-state index is 12.1. The molecule has 3 nitrogen and oxygen atoms in total. The van der Waals surface area contributed by atoms with Gasteiger partial charge in [-0.25, -0.2) is 0 Å². The summed E-state index contributed by atoms with van der Waals surface area (Å²) in [6.45, 7) is 8.88. The Bertz CT molecular complexity index is 417. The van der Waals surface area contributed by atoms with Gasteiger partial charge in [0, 0.05) is 31.6 Å². The lowest BCUT2D eigenvalue weighted by molar-refractivity contribution is -0.0675. The highest BCUT2D eigenvalue weighted by Crippen LogP contribution is 2.12. The third-order valence-electron chi connectivity index (χ3n) is 3.52. The summed E-state index contributed by atoms with van der Waals surface area (Å²) in [5, 5.41) is 0. The van der Waals surface area contributed by atoms with Crippen LogP contribution in [0.4, 0.5) is 0 Å². The third-order valence-corrected chi connectivity index (χ3v) is 3.52. The fourth-order valence-corrected chi connectivity index (χ4v) is 2.61. The molecule has 1 saturated heterocycles. The lowest BCUT2D eigenvalue weighted by atomic mass is 10.1. The third kappa shape index (κ3) is 4.15. The highest BCUT2D eigenvalue weighted by Gasteiger charge is 2.22. The van der Waals surface area contributed by atoms with Gasteiger partial charge < -0.3 is 4.74 Å². The molecule has 0 radical (unpaired) electrons. The maximum absolute atomic E-state index is 12.1. The minimum Gasteiger partial charge on any atom is -0.373 e. The molecule has 0 spiro atoms. The first-order valence-corrected chi connectivity index (χ1v) is 7.02. The Morgan fingerprint density at radius 2 is 1.79 bits per heavy atom. The van der Waals surface area contributed by atoms with E-state index in [2.05, 4.69) is 18.7 Å². The molecule has 1 aromatic carbocycles. The zero-order valence-corrected chi connectivity index (χ0v) is 12.1. The Balaban J connectivity index is 1.84. The van der Waals surface area contributed by atoms with Crippen LogP contribution in [-0.4, -0.2) is 42.5 Å². The molecule has 1 fully saturated rings. The molecule has 0 aliphatic carbocycles. The molecular formula is C16H23NO2. The van der Waals surface area contributed by atoms with Crippen LogP contribution in [-0.2, 0) is 4.74 Å². The summed E-state index contributed by atoms with van der Waals surface area (Å²) in [7, 11) is 0. The summed E-state index contributed by atoms with van der Waals surface area (Å²) in [4.78, 5) is 14.4. The van der Waals surface area contributed by atoms with Gasteiger partial charge in [-0.05, 0) is 20.8 Å². The van der Waals surface area contributed by atoms with Gasteiger partial charge in [-0.1, -0.05) is 29.8 Å². The van der Waals surface area contributed by atoms with Crippen molar-refractivity contribution in [2.45, 2.75) is 39.4 Å². The van der Waals surface area contributed by atoms with Gasteiger partial charge in [0.2, 0.25) is 0 Å². The van der Waals surface area contributed by atoms with Gasteiger partial charge >= 0.3 is 0 Å². The standard InChI is InChI=1S/C16H23NO2/c1-12-4-6-15(7-5-12)16(18)8-9-17-10-13(2)19-14(3)11-17/h4-7,13-14H,8-11H2,1-3H3. The van der Waals surface area contributed by atoms with E-state index in [9.17, 15) is 4.79 Å². The van der Waals surface area contributed by atoms with Gasteiger partial charge in [-0.15, -0.1) is 0 Å². The van der Waals surface area contributed by atoms with Gasteiger partial charge in [0.05, 0.1) is 12.2 Å². The molecule has 0 aromatic heterocycles. The number of benzene rings is 1. The minimum absolute atomic E-state index is 0.229. The van der Waals surface area contributed by atoms with Crippen molar-refractivity contribution in [3.05, 3.63) is 35.4 Å². The Kier molecular flexibility index (Phi) is 4.72. The van der Waals surface area contributed by atoms with E-state index in [1.54, 1.807) is 0 Å². The number of hydrogen-bond acceptors (Lipinski definition) is 3. The fourth-order valence-electron chi connectivity index (χ4n) is 2.61. The molecule has 1 aromatic rings. The van der Waals surface area contributed by atoms with Crippen LogP contribution in [0, 0.1) is 6.92 Å². The largest absolute Gasteiger partial charge is 0.373 e. The summed E-state index contributed by atoms with van der Waals surface area (Å²) in [6, 6.07) is 7.82. The van der Waals surface area contributed by atoms with Crippen molar-refractivity contribution >= 4 is 5.78 Å². The number of hydrogen-bond donors (Lipinski definition) is 0. The summed E-state index contributed by atoms with van der Waals surface area (Å²) in [6.07, 6.45) is 1.11. The average molecular weight is 261 g/mol. The molecule has 2 atom stereocenters. The van der Waals surface area contributed by atoms with Crippen LogP contribution in [0.5, 0.6) is 0 Å². The van der Waals surface area contributed by atoms with E-state index in [0.717, 1.165) is 25.2 Å². The first-order valence-electron chi connectivity index (χ1n) is 7.02. The van der Waals surface area contributed by atoms with Crippen LogP contribution in [0.15, 0.2) is 24.3 Å². The Labute approximate surface area is 115 Å². The molecule has 2 unspecified atom stereocenters. The van der Waals surface area contributed by atoms with Crippen molar-refractivity contribution in [1.29, 1.82) is 0 Å². The van der Waals surface area contributed by atoms with Crippen LogP contribution in [0.3, 0.4) is 0 Å².